The van der Waals surface area contributed by atoms with Crippen molar-refractivity contribution in [1.29, 1.82) is 0 Å². The number of benzene rings is 1. The number of pyridine rings is 1. The molecule has 0 saturated heterocycles. The van der Waals surface area contributed by atoms with Crippen LogP contribution in [0.4, 0.5) is 0 Å². The van der Waals surface area contributed by atoms with Gasteiger partial charge in [0, 0.05) is 11.4 Å². The highest BCUT2D eigenvalue weighted by Gasteiger charge is 2.11. The first-order valence-electron chi connectivity index (χ1n) is 5.43. The molecule has 0 aliphatic rings. The topological polar surface area (TPSA) is 38.9 Å². The van der Waals surface area contributed by atoms with Gasteiger partial charge in [0.25, 0.3) is 0 Å². The van der Waals surface area contributed by atoms with E-state index < -0.39 is 0 Å². The first-order chi connectivity index (χ1) is 7.68. The molecule has 2 aromatic rings. The van der Waals surface area contributed by atoms with Crippen LogP contribution in [0.3, 0.4) is 0 Å². The van der Waals surface area contributed by atoms with E-state index in [4.69, 9.17) is 5.73 Å². The quantitative estimate of drug-likeness (QED) is 0.831. The largest absolute Gasteiger partial charge is 0.320 e. The molecule has 0 saturated carbocycles. The lowest BCUT2D eigenvalue weighted by atomic mass is 9.98. The monoisotopic (exact) mass is 212 g/mol. The van der Waals surface area contributed by atoms with Crippen molar-refractivity contribution in [2.24, 2.45) is 5.73 Å². The van der Waals surface area contributed by atoms with E-state index in [0.717, 1.165) is 22.5 Å². The van der Waals surface area contributed by atoms with E-state index in [1.807, 2.05) is 50.2 Å². The van der Waals surface area contributed by atoms with Crippen LogP contribution >= 0.6 is 0 Å². The molecule has 1 aromatic heterocycles. The second kappa shape index (κ2) is 4.45. The van der Waals surface area contributed by atoms with E-state index in [0.29, 0.717) is 0 Å². The fraction of sp³-hybridized carbons (Fsp3) is 0.214. The van der Waals surface area contributed by atoms with Crippen molar-refractivity contribution >= 4 is 0 Å². The Labute approximate surface area is 96.1 Å². The minimum Gasteiger partial charge on any atom is -0.320 e. The third-order valence-corrected chi connectivity index (χ3v) is 2.76. The Morgan fingerprint density at radius 2 is 1.69 bits per heavy atom. The number of hydrogen-bond acceptors (Lipinski definition) is 2. The molecule has 0 spiro atoms. The van der Waals surface area contributed by atoms with Crippen LogP contribution < -0.4 is 5.73 Å². The molecule has 2 nitrogen and oxygen atoms in total. The van der Waals surface area contributed by atoms with Crippen molar-refractivity contribution in [2.75, 3.05) is 0 Å². The maximum absolute atomic E-state index is 6.23. The number of nitrogens with zero attached hydrogens (tertiary/aromatic N) is 1. The predicted molar refractivity (Wildman–Crippen MR) is 66.2 cm³/mol. The molecule has 2 N–H and O–H groups in total. The van der Waals surface area contributed by atoms with Crippen LogP contribution in [0.1, 0.15) is 28.6 Å². The van der Waals surface area contributed by atoms with Crippen LogP contribution in [0, 0.1) is 13.8 Å². The molecular formula is C14H16N2. The lowest BCUT2D eigenvalue weighted by molar-refractivity contribution is 0.844. The van der Waals surface area contributed by atoms with E-state index in [1.54, 1.807) is 0 Å². The van der Waals surface area contributed by atoms with Gasteiger partial charge in [-0.15, -0.1) is 0 Å². The molecule has 82 valence electrons. The average Bonchev–Trinajstić information content (AvgIpc) is 2.29. The Bertz CT molecular complexity index is 477. The zero-order valence-corrected chi connectivity index (χ0v) is 9.64. The number of rotatable bonds is 2. The van der Waals surface area contributed by atoms with Crippen LogP contribution in [0.25, 0.3) is 0 Å². The second-order valence-electron chi connectivity index (χ2n) is 4.02. The summed E-state index contributed by atoms with van der Waals surface area (Å²) in [7, 11) is 0. The zero-order chi connectivity index (χ0) is 11.5. The predicted octanol–water partition coefficient (Wildman–Crippen LogP) is 2.75. The molecule has 1 unspecified atom stereocenters. The Kier molecular flexibility index (Phi) is 3.02. The maximum atomic E-state index is 6.23. The first kappa shape index (κ1) is 10.8. The molecule has 0 fully saturated rings. The summed E-state index contributed by atoms with van der Waals surface area (Å²) >= 11 is 0. The number of aromatic nitrogens is 1. The summed E-state index contributed by atoms with van der Waals surface area (Å²) in [4.78, 5) is 4.44. The Morgan fingerprint density at radius 3 is 2.31 bits per heavy atom. The van der Waals surface area contributed by atoms with Crippen LogP contribution in [0.5, 0.6) is 0 Å². The van der Waals surface area contributed by atoms with Crippen LogP contribution in [0.2, 0.25) is 0 Å². The fourth-order valence-electron chi connectivity index (χ4n) is 1.87. The van der Waals surface area contributed by atoms with Crippen molar-refractivity contribution in [1.82, 2.24) is 4.98 Å². The van der Waals surface area contributed by atoms with E-state index in [1.165, 1.54) is 0 Å². The Morgan fingerprint density at radius 1 is 1.00 bits per heavy atom. The molecule has 0 aliphatic carbocycles. The van der Waals surface area contributed by atoms with E-state index >= 15 is 0 Å². The number of nitrogens with two attached hydrogens (primary N) is 1. The van der Waals surface area contributed by atoms with Crippen LogP contribution in [-0.2, 0) is 0 Å². The maximum Gasteiger partial charge on any atom is 0.0569 e. The standard InChI is InChI=1S/C14H16N2/c1-10-8-9-13(11(2)16-10)14(15)12-6-4-3-5-7-12/h3-9,14H,15H2,1-2H3. The van der Waals surface area contributed by atoms with E-state index in [-0.39, 0.29) is 6.04 Å². The molecule has 1 aromatic carbocycles. The Balaban J connectivity index is 2.38. The summed E-state index contributed by atoms with van der Waals surface area (Å²) in [6.45, 7) is 4.00. The molecular weight excluding hydrogens is 196 g/mol. The summed E-state index contributed by atoms with van der Waals surface area (Å²) in [6.07, 6.45) is 0. The second-order valence-corrected chi connectivity index (χ2v) is 4.02. The van der Waals surface area contributed by atoms with Gasteiger partial charge in [-0.1, -0.05) is 36.4 Å². The van der Waals surface area contributed by atoms with Crippen LogP contribution in [-0.4, -0.2) is 4.98 Å². The average molecular weight is 212 g/mol. The lowest BCUT2D eigenvalue weighted by Gasteiger charge is -2.14. The fourth-order valence-corrected chi connectivity index (χ4v) is 1.87. The van der Waals surface area contributed by atoms with E-state index in [2.05, 4.69) is 11.1 Å². The van der Waals surface area contributed by atoms with Crippen molar-refractivity contribution < 1.29 is 0 Å². The lowest BCUT2D eigenvalue weighted by Crippen LogP contribution is -2.14. The Hall–Kier alpha value is -1.67. The summed E-state index contributed by atoms with van der Waals surface area (Å²) in [5.41, 5.74) is 10.5. The molecule has 0 radical (unpaired) electrons. The third-order valence-electron chi connectivity index (χ3n) is 2.76. The van der Waals surface area contributed by atoms with Crippen molar-refractivity contribution in [2.45, 2.75) is 19.9 Å². The van der Waals surface area contributed by atoms with Gasteiger partial charge < -0.3 is 5.73 Å². The van der Waals surface area contributed by atoms with Gasteiger partial charge in [-0.3, -0.25) is 4.98 Å². The highest BCUT2D eigenvalue weighted by molar-refractivity contribution is 5.33. The van der Waals surface area contributed by atoms with Gasteiger partial charge in [0.2, 0.25) is 0 Å². The van der Waals surface area contributed by atoms with Crippen molar-refractivity contribution in [3.8, 4) is 0 Å². The highest BCUT2D eigenvalue weighted by atomic mass is 14.7. The molecule has 0 aliphatic heterocycles. The first-order valence-corrected chi connectivity index (χ1v) is 5.43. The summed E-state index contributed by atoms with van der Waals surface area (Å²) in [5.74, 6) is 0. The van der Waals surface area contributed by atoms with Gasteiger partial charge in [0.15, 0.2) is 0 Å². The van der Waals surface area contributed by atoms with E-state index in [9.17, 15) is 0 Å². The number of aryl methyl sites for hydroxylation is 2. The van der Waals surface area contributed by atoms with Crippen molar-refractivity contribution in [3.05, 3.63) is 65.0 Å². The highest BCUT2D eigenvalue weighted by Crippen LogP contribution is 2.21. The van der Waals surface area contributed by atoms with Gasteiger partial charge in [0.05, 0.1) is 6.04 Å². The van der Waals surface area contributed by atoms with Gasteiger partial charge in [-0.2, -0.15) is 0 Å². The summed E-state index contributed by atoms with van der Waals surface area (Å²) in [6, 6.07) is 14.1. The molecule has 0 amide bonds. The molecule has 0 bridgehead atoms. The summed E-state index contributed by atoms with van der Waals surface area (Å²) in [5, 5.41) is 0. The molecule has 1 heterocycles. The smallest absolute Gasteiger partial charge is 0.0569 e. The molecule has 1 atom stereocenters. The molecule has 2 heteroatoms. The van der Waals surface area contributed by atoms with Gasteiger partial charge in [0.1, 0.15) is 0 Å². The number of hydrogen-bond donors (Lipinski definition) is 1. The van der Waals surface area contributed by atoms with Crippen LogP contribution in [0.15, 0.2) is 42.5 Å². The minimum absolute atomic E-state index is 0.0886. The van der Waals surface area contributed by atoms with Gasteiger partial charge >= 0.3 is 0 Å². The van der Waals surface area contributed by atoms with Gasteiger partial charge in [-0.25, -0.2) is 0 Å². The molecule has 2 rings (SSSR count). The normalized spacial score (nSPS) is 12.4. The SMILES string of the molecule is Cc1ccc(C(N)c2ccccc2)c(C)n1. The minimum atomic E-state index is -0.0886. The molecule has 16 heavy (non-hydrogen) atoms. The van der Waals surface area contributed by atoms with Crippen molar-refractivity contribution in [3.63, 3.8) is 0 Å². The van der Waals surface area contributed by atoms with Gasteiger partial charge in [-0.05, 0) is 31.0 Å². The third kappa shape index (κ3) is 2.12. The zero-order valence-electron chi connectivity index (χ0n) is 9.64. The summed E-state index contributed by atoms with van der Waals surface area (Å²) < 4.78 is 0.